The van der Waals surface area contributed by atoms with Crippen LogP contribution in [0.25, 0.3) is 11.4 Å². The molecule has 2 fully saturated rings. The molecule has 168 valence electrons. The number of piperazine rings is 1. The van der Waals surface area contributed by atoms with Crippen LogP contribution in [0.4, 0.5) is 0 Å². The molecule has 1 aromatic heterocycles. The lowest BCUT2D eigenvalue weighted by Crippen LogP contribution is -2.47. The van der Waals surface area contributed by atoms with Crippen LogP contribution in [0.5, 0.6) is 0 Å². The summed E-state index contributed by atoms with van der Waals surface area (Å²) in [7, 11) is 2.11. The SMILES string of the molecule is CN1CCN(C(=O)CSc2nnc(-c3ccc(C(C)(C)C)cc3)n2C2CCCC2)CC1. The second kappa shape index (κ2) is 9.33. The normalized spacial score (nSPS) is 18.6. The fraction of sp³-hybridized carbons (Fsp3) is 0.625. The molecule has 1 aliphatic carbocycles. The molecule has 0 radical (unpaired) electrons. The van der Waals surface area contributed by atoms with E-state index < -0.39 is 0 Å². The highest BCUT2D eigenvalue weighted by atomic mass is 32.2. The number of hydrogen-bond donors (Lipinski definition) is 0. The van der Waals surface area contributed by atoms with Gasteiger partial charge in [-0.15, -0.1) is 10.2 Å². The lowest BCUT2D eigenvalue weighted by atomic mass is 9.86. The number of hydrogen-bond acceptors (Lipinski definition) is 5. The fourth-order valence-corrected chi connectivity index (χ4v) is 5.36. The molecule has 0 atom stereocenters. The molecule has 2 aromatic rings. The summed E-state index contributed by atoms with van der Waals surface area (Å²) >= 11 is 1.54. The third kappa shape index (κ3) is 5.14. The summed E-state index contributed by atoms with van der Waals surface area (Å²) in [5, 5.41) is 10.00. The number of likely N-dealkylation sites (N-methyl/N-ethyl adjacent to an activating group) is 1. The molecule has 0 unspecified atom stereocenters. The van der Waals surface area contributed by atoms with Crippen molar-refractivity contribution in [3.05, 3.63) is 29.8 Å². The van der Waals surface area contributed by atoms with Crippen molar-refractivity contribution in [2.75, 3.05) is 39.0 Å². The number of benzene rings is 1. The highest BCUT2D eigenvalue weighted by Gasteiger charge is 2.26. The number of carbonyl (C=O) groups excluding carboxylic acids is 1. The van der Waals surface area contributed by atoms with E-state index in [1.54, 1.807) is 11.8 Å². The molecule has 0 spiro atoms. The van der Waals surface area contributed by atoms with Crippen LogP contribution in [0.2, 0.25) is 0 Å². The van der Waals surface area contributed by atoms with Gasteiger partial charge in [-0.2, -0.15) is 0 Å². The van der Waals surface area contributed by atoms with Gasteiger partial charge in [-0.1, -0.05) is 69.6 Å². The van der Waals surface area contributed by atoms with Crippen molar-refractivity contribution in [2.24, 2.45) is 0 Å². The maximum absolute atomic E-state index is 12.7. The maximum atomic E-state index is 12.7. The predicted octanol–water partition coefficient (Wildman–Crippen LogP) is 4.22. The first-order chi connectivity index (χ1) is 14.8. The van der Waals surface area contributed by atoms with Crippen molar-refractivity contribution < 1.29 is 4.79 Å². The minimum atomic E-state index is 0.127. The Morgan fingerprint density at radius 3 is 2.29 bits per heavy atom. The second-order valence-corrected chi connectivity index (χ2v) is 10.9. The molecule has 0 bridgehead atoms. The van der Waals surface area contributed by atoms with Crippen molar-refractivity contribution in [1.82, 2.24) is 24.6 Å². The van der Waals surface area contributed by atoms with E-state index in [9.17, 15) is 4.79 Å². The zero-order chi connectivity index (χ0) is 22.0. The maximum Gasteiger partial charge on any atom is 0.233 e. The Kier molecular flexibility index (Phi) is 6.72. The molecule has 4 rings (SSSR count). The molecule has 0 N–H and O–H groups in total. The van der Waals surface area contributed by atoms with Gasteiger partial charge >= 0.3 is 0 Å². The van der Waals surface area contributed by atoms with E-state index in [1.165, 1.54) is 18.4 Å². The molecule has 1 saturated carbocycles. The van der Waals surface area contributed by atoms with Gasteiger partial charge in [-0.05, 0) is 30.9 Å². The van der Waals surface area contributed by atoms with Crippen molar-refractivity contribution in [2.45, 2.75) is 63.1 Å². The van der Waals surface area contributed by atoms with Gasteiger partial charge in [0.15, 0.2) is 11.0 Å². The number of carbonyl (C=O) groups is 1. The van der Waals surface area contributed by atoms with Crippen LogP contribution in [-0.4, -0.2) is 69.5 Å². The Bertz CT molecular complexity index is 888. The van der Waals surface area contributed by atoms with Crippen LogP contribution in [0.3, 0.4) is 0 Å². The predicted molar refractivity (Wildman–Crippen MR) is 126 cm³/mol. The summed E-state index contributed by atoms with van der Waals surface area (Å²) in [5.41, 5.74) is 2.54. The van der Waals surface area contributed by atoms with Gasteiger partial charge in [0.25, 0.3) is 0 Å². The summed E-state index contributed by atoms with van der Waals surface area (Å²) in [6, 6.07) is 9.16. The van der Waals surface area contributed by atoms with Crippen molar-refractivity contribution >= 4 is 17.7 Å². The monoisotopic (exact) mass is 441 g/mol. The fourth-order valence-electron chi connectivity index (χ4n) is 4.46. The highest BCUT2D eigenvalue weighted by molar-refractivity contribution is 7.99. The lowest BCUT2D eigenvalue weighted by molar-refractivity contribution is -0.129. The van der Waals surface area contributed by atoms with Crippen LogP contribution in [0.1, 0.15) is 58.1 Å². The number of aromatic nitrogens is 3. The van der Waals surface area contributed by atoms with Crippen LogP contribution < -0.4 is 0 Å². The number of nitrogens with zero attached hydrogens (tertiary/aromatic N) is 5. The first-order valence-corrected chi connectivity index (χ1v) is 12.5. The third-order valence-corrected chi connectivity index (χ3v) is 7.47. The van der Waals surface area contributed by atoms with Gasteiger partial charge < -0.3 is 9.80 Å². The van der Waals surface area contributed by atoms with E-state index in [0.29, 0.717) is 11.8 Å². The minimum absolute atomic E-state index is 0.127. The largest absolute Gasteiger partial charge is 0.339 e. The van der Waals surface area contributed by atoms with Crippen molar-refractivity contribution in [3.8, 4) is 11.4 Å². The van der Waals surface area contributed by atoms with Gasteiger partial charge in [-0.25, -0.2) is 0 Å². The molecule has 1 aromatic carbocycles. The van der Waals surface area contributed by atoms with E-state index >= 15 is 0 Å². The van der Waals surface area contributed by atoms with E-state index in [0.717, 1.165) is 55.6 Å². The van der Waals surface area contributed by atoms with Gasteiger partial charge in [0, 0.05) is 37.8 Å². The average molecular weight is 442 g/mol. The lowest BCUT2D eigenvalue weighted by Gasteiger charge is -2.32. The quantitative estimate of drug-likeness (QED) is 0.650. The van der Waals surface area contributed by atoms with Crippen LogP contribution in [0.15, 0.2) is 29.4 Å². The Morgan fingerprint density at radius 2 is 1.68 bits per heavy atom. The number of rotatable bonds is 5. The van der Waals surface area contributed by atoms with E-state index in [2.05, 4.69) is 71.7 Å². The van der Waals surface area contributed by atoms with Gasteiger partial charge in [0.1, 0.15) is 0 Å². The number of amides is 1. The van der Waals surface area contributed by atoms with E-state index in [4.69, 9.17) is 0 Å². The Labute approximate surface area is 190 Å². The van der Waals surface area contributed by atoms with Crippen LogP contribution in [-0.2, 0) is 10.2 Å². The molecule has 1 aliphatic heterocycles. The zero-order valence-electron chi connectivity index (χ0n) is 19.3. The summed E-state index contributed by atoms with van der Waals surface area (Å²) in [5.74, 6) is 1.56. The summed E-state index contributed by atoms with van der Waals surface area (Å²) < 4.78 is 2.31. The topological polar surface area (TPSA) is 54.3 Å². The summed E-state index contributed by atoms with van der Waals surface area (Å²) in [6.07, 6.45) is 4.81. The van der Waals surface area contributed by atoms with Crippen LogP contribution >= 0.6 is 11.8 Å². The minimum Gasteiger partial charge on any atom is -0.339 e. The first-order valence-electron chi connectivity index (χ1n) is 11.5. The Balaban J connectivity index is 1.53. The molecular formula is C24H35N5OS. The molecule has 2 heterocycles. The van der Waals surface area contributed by atoms with Gasteiger partial charge in [-0.3, -0.25) is 9.36 Å². The molecule has 31 heavy (non-hydrogen) atoms. The van der Waals surface area contributed by atoms with Crippen LogP contribution in [0, 0.1) is 0 Å². The molecule has 1 amide bonds. The first kappa shape index (κ1) is 22.3. The van der Waals surface area contributed by atoms with E-state index in [1.807, 2.05) is 4.90 Å². The summed E-state index contributed by atoms with van der Waals surface area (Å²) in [6.45, 7) is 10.2. The zero-order valence-corrected chi connectivity index (χ0v) is 20.1. The van der Waals surface area contributed by atoms with Crippen molar-refractivity contribution in [1.29, 1.82) is 0 Å². The molecule has 7 heteroatoms. The van der Waals surface area contributed by atoms with Gasteiger partial charge in [0.2, 0.25) is 5.91 Å². The highest BCUT2D eigenvalue weighted by Crippen LogP contribution is 2.37. The number of thioether (sulfide) groups is 1. The molecule has 2 aliphatic rings. The second-order valence-electron chi connectivity index (χ2n) is 9.91. The average Bonchev–Trinajstić information content (AvgIpc) is 3.41. The summed E-state index contributed by atoms with van der Waals surface area (Å²) in [4.78, 5) is 17.0. The third-order valence-electron chi connectivity index (χ3n) is 6.54. The Hall–Kier alpha value is -1.86. The Morgan fingerprint density at radius 1 is 1.03 bits per heavy atom. The van der Waals surface area contributed by atoms with Crippen molar-refractivity contribution in [3.63, 3.8) is 0 Å². The van der Waals surface area contributed by atoms with Gasteiger partial charge in [0.05, 0.1) is 5.75 Å². The molecule has 1 saturated heterocycles. The molecular weight excluding hydrogens is 406 g/mol. The molecule has 6 nitrogen and oxygen atoms in total. The smallest absolute Gasteiger partial charge is 0.233 e. The van der Waals surface area contributed by atoms with E-state index in [-0.39, 0.29) is 11.3 Å². The standard InChI is InChI=1S/C24H35N5OS/c1-24(2,3)19-11-9-18(10-12-19)22-25-26-23(29(22)20-7-5-6-8-20)31-17-21(30)28-15-13-27(4)14-16-28/h9-12,20H,5-8,13-17H2,1-4H3.